The quantitative estimate of drug-likeness (QED) is 0.594. The molecule has 4 heteroatoms. The van der Waals surface area contributed by atoms with Crippen LogP contribution >= 0.6 is 0 Å². The molecule has 1 aliphatic carbocycles. The summed E-state index contributed by atoms with van der Waals surface area (Å²) in [6.07, 6.45) is 4.57. The zero-order valence-corrected chi connectivity index (χ0v) is 14.6. The molecule has 0 aromatic heterocycles. The lowest BCUT2D eigenvalue weighted by Crippen LogP contribution is -2.31. The van der Waals surface area contributed by atoms with Crippen LogP contribution < -0.4 is 0 Å². The van der Waals surface area contributed by atoms with Gasteiger partial charge in [0.15, 0.2) is 6.10 Å². The van der Waals surface area contributed by atoms with Crippen LogP contribution in [0.3, 0.4) is 0 Å². The van der Waals surface area contributed by atoms with Gasteiger partial charge < -0.3 is 5.11 Å². The standard InChI is InChI=1S/C17H25F3O.C2H6/c1-3-4-12-15(16(21)17(18,19)20)13(2)14-10-8-6-5-7-9-11-14;1-2/h3-4,12,14,16,21H,1,5-11H2,2H3;1-2H3/b12-4-,15-13-;. The number of aliphatic hydroxyl groups is 1. The molecule has 23 heavy (non-hydrogen) atoms. The van der Waals surface area contributed by atoms with E-state index in [9.17, 15) is 18.3 Å². The fraction of sp³-hybridized carbons (Fsp3) is 0.684. The van der Waals surface area contributed by atoms with Gasteiger partial charge in [-0.3, -0.25) is 0 Å². The van der Waals surface area contributed by atoms with Gasteiger partial charge in [-0.25, -0.2) is 0 Å². The van der Waals surface area contributed by atoms with E-state index in [1.54, 1.807) is 6.92 Å². The minimum absolute atomic E-state index is 0.0204. The van der Waals surface area contributed by atoms with Gasteiger partial charge in [0.05, 0.1) is 0 Å². The molecule has 0 amide bonds. The van der Waals surface area contributed by atoms with Crippen LogP contribution in [0.25, 0.3) is 0 Å². The Hall–Kier alpha value is -1.03. The molecule has 1 aliphatic rings. The van der Waals surface area contributed by atoms with Crippen LogP contribution in [0, 0.1) is 5.92 Å². The number of halogens is 3. The Morgan fingerprint density at radius 3 is 2.00 bits per heavy atom. The van der Waals surface area contributed by atoms with Crippen LogP contribution in [0.1, 0.15) is 65.7 Å². The lowest BCUT2D eigenvalue weighted by molar-refractivity contribution is -0.190. The molecule has 1 saturated carbocycles. The molecule has 0 saturated heterocycles. The molecule has 1 rings (SSSR count). The fourth-order valence-electron chi connectivity index (χ4n) is 2.91. The average Bonchev–Trinajstić information content (AvgIpc) is 2.48. The third kappa shape index (κ3) is 7.87. The van der Waals surface area contributed by atoms with Crippen molar-refractivity contribution in [3.05, 3.63) is 36.0 Å². The molecule has 0 radical (unpaired) electrons. The first-order valence-corrected chi connectivity index (χ1v) is 8.62. The second kappa shape index (κ2) is 11.5. The van der Waals surface area contributed by atoms with Crippen LogP contribution in [0.4, 0.5) is 13.2 Å². The minimum Gasteiger partial charge on any atom is -0.379 e. The number of hydrogen-bond donors (Lipinski definition) is 1. The smallest absolute Gasteiger partial charge is 0.379 e. The summed E-state index contributed by atoms with van der Waals surface area (Å²) < 4.78 is 38.6. The van der Waals surface area contributed by atoms with Crippen LogP contribution in [0.15, 0.2) is 36.0 Å². The maximum Gasteiger partial charge on any atom is 0.418 e. The first kappa shape index (κ1) is 22.0. The maximum atomic E-state index is 12.9. The third-order valence-corrected chi connectivity index (χ3v) is 4.19. The van der Waals surface area contributed by atoms with Gasteiger partial charge in [-0.2, -0.15) is 13.2 Å². The van der Waals surface area contributed by atoms with Crippen molar-refractivity contribution < 1.29 is 18.3 Å². The molecular formula is C19H31F3O. The van der Waals surface area contributed by atoms with E-state index in [0.717, 1.165) is 38.5 Å². The lowest BCUT2D eigenvalue weighted by Gasteiger charge is -2.25. The highest BCUT2D eigenvalue weighted by molar-refractivity contribution is 5.32. The molecule has 1 fully saturated rings. The van der Waals surface area contributed by atoms with E-state index in [1.807, 2.05) is 13.8 Å². The molecule has 0 spiro atoms. The van der Waals surface area contributed by atoms with E-state index < -0.39 is 12.3 Å². The third-order valence-electron chi connectivity index (χ3n) is 4.19. The Balaban J connectivity index is 0.00000232. The second-order valence-corrected chi connectivity index (χ2v) is 5.72. The molecule has 1 nitrogen and oxygen atoms in total. The molecule has 0 heterocycles. The summed E-state index contributed by atoms with van der Waals surface area (Å²) in [7, 11) is 0. The molecule has 1 unspecified atom stereocenters. The molecule has 0 aromatic rings. The van der Waals surface area contributed by atoms with Gasteiger partial charge in [-0.15, -0.1) is 0 Å². The number of aliphatic hydroxyl groups excluding tert-OH is 1. The Morgan fingerprint density at radius 1 is 1.09 bits per heavy atom. The van der Waals surface area contributed by atoms with E-state index in [2.05, 4.69) is 6.58 Å². The largest absolute Gasteiger partial charge is 0.418 e. The normalized spacial score (nSPS) is 20.0. The van der Waals surface area contributed by atoms with Crippen LogP contribution in [0.5, 0.6) is 0 Å². The molecule has 0 aliphatic heterocycles. The van der Waals surface area contributed by atoms with Crippen molar-refractivity contribution in [2.75, 3.05) is 0 Å². The van der Waals surface area contributed by atoms with E-state index in [-0.39, 0.29) is 11.5 Å². The highest BCUT2D eigenvalue weighted by atomic mass is 19.4. The molecule has 134 valence electrons. The van der Waals surface area contributed by atoms with Gasteiger partial charge in [0.2, 0.25) is 0 Å². The van der Waals surface area contributed by atoms with E-state index >= 15 is 0 Å². The van der Waals surface area contributed by atoms with Crippen molar-refractivity contribution in [1.29, 1.82) is 0 Å². The van der Waals surface area contributed by atoms with E-state index in [0.29, 0.717) is 5.57 Å². The van der Waals surface area contributed by atoms with E-state index in [1.165, 1.54) is 24.6 Å². The number of allylic oxidation sites excluding steroid dienone is 3. The van der Waals surface area contributed by atoms with Crippen molar-refractivity contribution in [1.82, 2.24) is 0 Å². The van der Waals surface area contributed by atoms with E-state index in [4.69, 9.17) is 0 Å². The first-order valence-electron chi connectivity index (χ1n) is 8.62. The van der Waals surface area contributed by atoms with Crippen molar-refractivity contribution in [2.45, 2.75) is 78.0 Å². The maximum absolute atomic E-state index is 12.9. The van der Waals surface area contributed by atoms with Crippen molar-refractivity contribution >= 4 is 0 Å². The molecule has 0 aromatic carbocycles. The van der Waals surface area contributed by atoms with Crippen molar-refractivity contribution in [2.24, 2.45) is 5.92 Å². The van der Waals surface area contributed by atoms with Gasteiger partial charge in [0.1, 0.15) is 0 Å². The predicted molar refractivity (Wildman–Crippen MR) is 91.3 cm³/mol. The Labute approximate surface area is 139 Å². The SMILES string of the molecule is C=C/C=C\C(=C(/C)C1CCCCCCC1)C(O)C(F)(F)F.CC. The Morgan fingerprint density at radius 2 is 1.57 bits per heavy atom. The topological polar surface area (TPSA) is 20.2 Å². The van der Waals surface area contributed by atoms with Gasteiger partial charge in [0.25, 0.3) is 0 Å². The van der Waals surface area contributed by atoms with Gasteiger partial charge in [-0.1, -0.05) is 76.3 Å². The molecular weight excluding hydrogens is 301 g/mol. The summed E-state index contributed by atoms with van der Waals surface area (Å²) in [5.41, 5.74) is 0.646. The van der Waals surface area contributed by atoms with Crippen LogP contribution in [-0.4, -0.2) is 17.4 Å². The lowest BCUT2D eigenvalue weighted by atomic mass is 9.83. The summed E-state index contributed by atoms with van der Waals surface area (Å²) in [6.45, 7) is 9.21. The number of hydrogen-bond acceptors (Lipinski definition) is 1. The number of rotatable bonds is 4. The van der Waals surface area contributed by atoms with Gasteiger partial charge in [-0.05, 0) is 31.3 Å². The summed E-state index contributed by atoms with van der Waals surface area (Å²) in [5, 5.41) is 9.63. The molecule has 1 N–H and O–H groups in total. The highest BCUT2D eigenvalue weighted by Crippen LogP contribution is 2.34. The van der Waals surface area contributed by atoms with Gasteiger partial charge in [0, 0.05) is 0 Å². The first-order chi connectivity index (χ1) is 10.9. The van der Waals surface area contributed by atoms with Crippen molar-refractivity contribution in [3.63, 3.8) is 0 Å². The number of alkyl halides is 3. The zero-order chi connectivity index (χ0) is 17.9. The van der Waals surface area contributed by atoms with Gasteiger partial charge >= 0.3 is 6.18 Å². The van der Waals surface area contributed by atoms with Crippen LogP contribution in [0.2, 0.25) is 0 Å². The predicted octanol–water partition coefficient (Wildman–Crippen LogP) is 6.36. The summed E-state index contributed by atoms with van der Waals surface area (Å²) in [5.74, 6) is 0.131. The van der Waals surface area contributed by atoms with Crippen LogP contribution in [-0.2, 0) is 0 Å². The summed E-state index contributed by atoms with van der Waals surface area (Å²) in [4.78, 5) is 0. The average molecular weight is 332 g/mol. The summed E-state index contributed by atoms with van der Waals surface area (Å²) >= 11 is 0. The minimum atomic E-state index is -4.64. The van der Waals surface area contributed by atoms with Crippen molar-refractivity contribution in [3.8, 4) is 0 Å². The Kier molecular flexibility index (Phi) is 11.0. The molecule has 1 atom stereocenters. The monoisotopic (exact) mass is 332 g/mol. The summed E-state index contributed by atoms with van der Waals surface area (Å²) in [6, 6.07) is 0. The highest BCUT2D eigenvalue weighted by Gasteiger charge is 2.41. The second-order valence-electron chi connectivity index (χ2n) is 5.72. The fourth-order valence-corrected chi connectivity index (χ4v) is 2.91. The Bertz CT molecular complexity index is 386. The molecule has 0 bridgehead atoms. The zero-order valence-electron chi connectivity index (χ0n) is 14.6.